The summed E-state index contributed by atoms with van der Waals surface area (Å²) in [5, 5.41) is 10.7. The Labute approximate surface area is 176 Å². The van der Waals surface area contributed by atoms with Crippen LogP contribution in [0.3, 0.4) is 0 Å². The molecule has 2 N–H and O–H groups in total. The number of hydrogen-bond donors (Lipinski definition) is 2. The molecule has 0 aromatic carbocycles. The first-order chi connectivity index (χ1) is 14.4. The summed E-state index contributed by atoms with van der Waals surface area (Å²) in [4.78, 5) is 68.5. The SMILES string of the molecule is CC(=O)OC[C@H]1O[C@@H](NC(=O)C#CC(=O)O)[C@H](OC(C)=O)[C@@H](OC(C)=O)[C@@H]1OC(C)=O. The van der Waals surface area contributed by atoms with E-state index in [0.717, 1.165) is 27.7 Å². The third kappa shape index (κ3) is 8.70. The Bertz CT molecular complexity index is 810. The van der Waals surface area contributed by atoms with Gasteiger partial charge < -0.3 is 34.1 Å². The van der Waals surface area contributed by atoms with Crippen molar-refractivity contribution in [3.8, 4) is 11.8 Å². The van der Waals surface area contributed by atoms with Gasteiger partial charge in [-0.25, -0.2) is 4.79 Å². The minimum Gasteiger partial charge on any atom is -0.472 e. The van der Waals surface area contributed by atoms with Crippen LogP contribution in [0.25, 0.3) is 0 Å². The van der Waals surface area contributed by atoms with Gasteiger partial charge >= 0.3 is 29.8 Å². The van der Waals surface area contributed by atoms with Crippen molar-refractivity contribution in [2.75, 3.05) is 6.61 Å². The van der Waals surface area contributed by atoms with Gasteiger partial charge in [0.25, 0.3) is 5.91 Å². The Morgan fingerprint density at radius 2 is 1.32 bits per heavy atom. The fourth-order valence-corrected chi connectivity index (χ4v) is 2.62. The van der Waals surface area contributed by atoms with E-state index in [1.165, 1.54) is 0 Å². The maximum Gasteiger partial charge on any atom is 0.382 e. The van der Waals surface area contributed by atoms with Crippen molar-refractivity contribution in [2.24, 2.45) is 0 Å². The van der Waals surface area contributed by atoms with E-state index >= 15 is 0 Å². The highest BCUT2D eigenvalue weighted by Crippen LogP contribution is 2.28. The zero-order valence-electron chi connectivity index (χ0n) is 17.0. The van der Waals surface area contributed by atoms with Gasteiger partial charge in [-0.15, -0.1) is 0 Å². The van der Waals surface area contributed by atoms with Crippen LogP contribution >= 0.6 is 0 Å². The second-order valence-electron chi connectivity index (χ2n) is 6.15. The van der Waals surface area contributed by atoms with E-state index in [1.807, 2.05) is 0 Å². The van der Waals surface area contributed by atoms with Crippen molar-refractivity contribution >= 4 is 35.8 Å². The monoisotopic (exact) mass is 443 g/mol. The minimum absolute atomic E-state index is 0.481. The van der Waals surface area contributed by atoms with Crippen molar-refractivity contribution in [3.05, 3.63) is 0 Å². The second-order valence-corrected chi connectivity index (χ2v) is 6.15. The van der Waals surface area contributed by atoms with Gasteiger partial charge in [0.2, 0.25) is 0 Å². The van der Waals surface area contributed by atoms with Gasteiger partial charge in [-0.2, -0.15) is 0 Å². The number of esters is 4. The lowest BCUT2D eigenvalue weighted by Crippen LogP contribution is -2.66. The summed E-state index contributed by atoms with van der Waals surface area (Å²) in [5.74, 6) is -2.56. The molecule has 1 heterocycles. The molecule has 31 heavy (non-hydrogen) atoms. The molecule has 0 aromatic rings. The van der Waals surface area contributed by atoms with Gasteiger partial charge in [0.15, 0.2) is 24.5 Å². The molecule has 1 aliphatic rings. The van der Waals surface area contributed by atoms with Gasteiger partial charge in [0.05, 0.1) is 0 Å². The predicted molar refractivity (Wildman–Crippen MR) is 95.5 cm³/mol. The molecule has 13 heteroatoms. The Morgan fingerprint density at radius 3 is 1.81 bits per heavy atom. The third-order valence-corrected chi connectivity index (χ3v) is 3.55. The summed E-state index contributed by atoms with van der Waals surface area (Å²) >= 11 is 0. The number of carboxylic acid groups (broad SMARTS) is 1. The van der Waals surface area contributed by atoms with E-state index in [4.69, 9.17) is 28.8 Å². The number of nitrogens with one attached hydrogen (secondary N) is 1. The molecule has 13 nitrogen and oxygen atoms in total. The van der Waals surface area contributed by atoms with E-state index in [2.05, 4.69) is 5.32 Å². The number of ether oxygens (including phenoxy) is 5. The van der Waals surface area contributed by atoms with Crippen LogP contribution in [-0.2, 0) is 52.5 Å². The Kier molecular flexibility index (Phi) is 9.42. The fraction of sp³-hybridized carbons (Fsp3) is 0.556. The van der Waals surface area contributed by atoms with Gasteiger partial charge in [0.1, 0.15) is 12.7 Å². The summed E-state index contributed by atoms with van der Waals surface area (Å²) in [6.45, 7) is 3.75. The zero-order chi connectivity index (χ0) is 23.7. The van der Waals surface area contributed by atoms with E-state index in [0.29, 0.717) is 0 Å². The molecular weight excluding hydrogens is 422 g/mol. The average molecular weight is 443 g/mol. The first kappa shape index (κ1) is 25.4. The molecule has 1 saturated heterocycles. The number of aliphatic carboxylic acids is 1. The number of amides is 1. The Morgan fingerprint density at radius 1 is 0.806 bits per heavy atom. The van der Waals surface area contributed by atoms with Crippen LogP contribution in [-0.4, -0.2) is 78.1 Å². The molecule has 0 aliphatic carbocycles. The summed E-state index contributed by atoms with van der Waals surface area (Å²) in [5.41, 5.74) is 0. The number of hydrogen-bond acceptors (Lipinski definition) is 11. The third-order valence-electron chi connectivity index (χ3n) is 3.55. The molecule has 1 aliphatic heterocycles. The summed E-state index contributed by atoms with van der Waals surface area (Å²) in [7, 11) is 0. The normalized spacial score (nSPS) is 24.5. The lowest BCUT2D eigenvalue weighted by molar-refractivity contribution is -0.256. The van der Waals surface area contributed by atoms with Crippen molar-refractivity contribution in [3.63, 3.8) is 0 Å². The van der Waals surface area contributed by atoms with Crippen LogP contribution in [0.4, 0.5) is 0 Å². The average Bonchev–Trinajstić information content (AvgIpc) is 2.62. The first-order valence-electron chi connectivity index (χ1n) is 8.76. The molecule has 0 radical (unpaired) electrons. The smallest absolute Gasteiger partial charge is 0.382 e. The Balaban J connectivity index is 3.35. The maximum atomic E-state index is 12.0. The summed E-state index contributed by atoms with van der Waals surface area (Å²) in [6, 6.07) is 0. The molecule has 0 bridgehead atoms. The predicted octanol–water partition coefficient (Wildman–Crippen LogP) is -1.73. The van der Waals surface area contributed by atoms with Gasteiger partial charge in [-0.3, -0.25) is 24.0 Å². The van der Waals surface area contributed by atoms with Crippen LogP contribution in [0.2, 0.25) is 0 Å². The highest BCUT2D eigenvalue weighted by atomic mass is 16.7. The highest BCUT2D eigenvalue weighted by molar-refractivity contribution is 6.00. The standard InChI is InChI=1S/C18H21NO12/c1-8(20)27-7-12-15(28-9(2)21)16(29-10(3)22)17(30-11(4)23)18(31-12)19-13(24)5-6-14(25)26/h12,15-18H,7H2,1-4H3,(H,19,24)(H,25,26)/t12-,15-,16+,17-,18-/m1/s1. The minimum atomic E-state index is -1.57. The van der Waals surface area contributed by atoms with Crippen molar-refractivity contribution in [1.29, 1.82) is 0 Å². The molecule has 0 unspecified atom stereocenters. The van der Waals surface area contributed by atoms with Crippen LogP contribution in [0.15, 0.2) is 0 Å². The van der Waals surface area contributed by atoms with Gasteiger partial charge in [0, 0.05) is 39.5 Å². The second kappa shape index (κ2) is 11.5. The van der Waals surface area contributed by atoms with E-state index < -0.39 is 73.0 Å². The fourth-order valence-electron chi connectivity index (χ4n) is 2.62. The van der Waals surface area contributed by atoms with Gasteiger partial charge in [-0.05, 0) is 0 Å². The lowest BCUT2D eigenvalue weighted by atomic mass is 9.97. The van der Waals surface area contributed by atoms with E-state index in [9.17, 15) is 28.8 Å². The summed E-state index contributed by atoms with van der Waals surface area (Å²) in [6.07, 6.45) is -7.17. The molecule has 0 spiro atoms. The van der Waals surface area contributed by atoms with Gasteiger partial charge in [-0.1, -0.05) is 0 Å². The van der Waals surface area contributed by atoms with E-state index in [1.54, 1.807) is 11.8 Å². The van der Waals surface area contributed by atoms with E-state index in [-0.39, 0.29) is 0 Å². The molecule has 0 aromatic heterocycles. The molecular formula is C18H21NO12. The number of carbonyl (C=O) groups excluding carboxylic acids is 5. The van der Waals surface area contributed by atoms with Crippen LogP contribution < -0.4 is 5.32 Å². The van der Waals surface area contributed by atoms with Crippen LogP contribution in [0.1, 0.15) is 27.7 Å². The molecule has 1 rings (SSSR count). The molecule has 0 saturated carbocycles. The van der Waals surface area contributed by atoms with Crippen molar-refractivity contribution < 1.29 is 57.6 Å². The largest absolute Gasteiger partial charge is 0.472 e. The molecule has 5 atom stereocenters. The van der Waals surface area contributed by atoms with Crippen molar-refractivity contribution in [1.82, 2.24) is 5.32 Å². The zero-order valence-corrected chi connectivity index (χ0v) is 17.0. The number of carbonyl (C=O) groups is 6. The highest BCUT2D eigenvalue weighted by Gasteiger charge is 2.52. The lowest BCUT2D eigenvalue weighted by Gasteiger charge is -2.44. The molecule has 170 valence electrons. The summed E-state index contributed by atoms with van der Waals surface area (Å²) < 4.78 is 25.9. The maximum absolute atomic E-state index is 12.0. The molecule has 1 amide bonds. The van der Waals surface area contributed by atoms with Crippen LogP contribution in [0, 0.1) is 11.8 Å². The molecule has 1 fully saturated rings. The Hall–Kier alpha value is -3.66. The van der Waals surface area contributed by atoms with Crippen LogP contribution in [0.5, 0.6) is 0 Å². The number of rotatable bonds is 6. The quantitative estimate of drug-likeness (QED) is 0.269. The topological polar surface area (TPSA) is 181 Å². The number of carboxylic acids is 1. The first-order valence-corrected chi connectivity index (χ1v) is 8.76. The van der Waals surface area contributed by atoms with Crippen molar-refractivity contribution in [2.45, 2.75) is 58.3 Å².